The quantitative estimate of drug-likeness (QED) is 0.0321. The van der Waals surface area contributed by atoms with Gasteiger partial charge in [0.15, 0.2) is 0 Å². The molecule has 2 unspecified atom stereocenters. The topological polar surface area (TPSA) is 95.9 Å². The molecule has 0 radical (unpaired) electrons. The molecule has 0 aliphatic carbocycles. The maximum Gasteiger partial charge on any atom is 0.305 e. The zero-order chi connectivity index (χ0) is 45.1. The molecule has 3 N–H and O–H groups in total. The lowest BCUT2D eigenvalue weighted by atomic mass is 10.0. The summed E-state index contributed by atoms with van der Waals surface area (Å²) >= 11 is 0. The van der Waals surface area contributed by atoms with E-state index in [2.05, 4.69) is 31.3 Å². The zero-order valence-corrected chi connectivity index (χ0v) is 41.6. The van der Waals surface area contributed by atoms with Crippen LogP contribution >= 0.6 is 0 Å². The number of esters is 1. The Morgan fingerprint density at radius 1 is 0.435 bits per heavy atom. The van der Waals surface area contributed by atoms with Crippen LogP contribution in [0.2, 0.25) is 0 Å². The van der Waals surface area contributed by atoms with E-state index in [1.165, 1.54) is 225 Å². The van der Waals surface area contributed by atoms with Crippen molar-refractivity contribution in [1.29, 1.82) is 0 Å². The Morgan fingerprint density at radius 2 is 0.758 bits per heavy atom. The van der Waals surface area contributed by atoms with Crippen LogP contribution in [0.5, 0.6) is 0 Å². The van der Waals surface area contributed by atoms with Gasteiger partial charge >= 0.3 is 5.97 Å². The number of rotatable bonds is 51. The molecule has 0 aromatic rings. The first-order chi connectivity index (χ1) is 30.5. The summed E-state index contributed by atoms with van der Waals surface area (Å²) in [6.45, 7) is 4.88. The molecule has 0 saturated carbocycles. The van der Waals surface area contributed by atoms with Crippen LogP contribution in [-0.2, 0) is 14.3 Å². The Morgan fingerprint density at radius 3 is 1.15 bits per heavy atom. The summed E-state index contributed by atoms with van der Waals surface area (Å²) in [6, 6.07) is -0.632. The van der Waals surface area contributed by atoms with Crippen LogP contribution in [-0.4, -0.2) is 47.4 Å². The third kappa shape index (κ3) is 47.8. The molecule has 0 bridgehead atoms. The molecule has 0 saturated heterocycles. The van der Waals surface area contributed by atoms with Gasteiger partial charge in [-0.2, -0.15) is 0 Å². The summed E-state index contributed by atoms with van der Waals surface area (Å²) in [6.07, 6.45) is 61.8. The van der Waals surface area contributed by atoms with E-state index in [1.807, 2.05) is 6.08 Å². The first kappa shape index (κ1) is 60.3. The Hall–Kier alpha value is -1.66. The van der Waals surface area contributed by atoms with Gasteiger partial charge in [-0.1, -0.05) is 250 Å². The molecule has 0 fully saturated rings. The Kier molecular flexibility index (Phi) is 50.6. The Bertz CT molecular complexity index is 966. The molecular weight excluding hydrogens is 767 g/mol. The number of carbonyl (C=O) groups excluding carboxylic acids is 2. The van der Waals surface area contributed by atoms with Crippen molar-refractivity contribution in [3.63, 3.8) is 0 Å². The van der Waals surface area contributed by atoms with E-state index in [1.54, 1.807) is 6.08 Å². The molecule has 2 atom stereocenters. The first-order valence-electron chi connectivity index (χ1n) is 27.6. The standard InChI is InChI=1S/C56H107NO5/c1-3-5-7-9-11-13-15-17-18-22-26-30-34-38-42-46-50-56(61)62-51-47-43-39-35-31-27-23-20-19-21-25-29-33-37-41-45-49-55(60)57-53(52-58)54(59)48-44-40-36-32-28-24-16-14-12-10-8-6-4-2/h18,22,44,48,53-54,58-59H,3-17,19-21,23-43,45-47,49-52H2,1-2H3,(H,57,60)/b22-18-,48-44+. The number of aliphatic hydroxyl groups is 2. The maximum atomic E-state index is 12.4. The number of carbonyl (C=O) groups is 2. The molecule has 0 heterocycles. The van der Waals surface area contributed by atoms with Crippen molar-refractivity contribution in [3.8, 4) is 0 Å². The molecule has 0 aromatic heterocycles. The number of hydrogen-bond donors (Lipinski definition) is 3. The molecule has 1 amide bonds. The number of allylic oxidation sites excluding steroid dienone is 3. The number of hydrogen-bond acceptors (Lipinski definition) is 5. The van der Waals surface area contributed by atoms with Crippen molar-refractivity contribution in [1.82, 2.24) is 5.32 Å². The van der Waals surface area contributed by atoms with Gasteiger partial charge in [-0.25, -0.2) is 0 Å². The number of aliphatic hydroxyl groups excluding tert-OH is 2. The smallest absolute Gasteiger partial charge is 0.305 e. The van der Waals surface area contributed by atoms with E-state index in [4.69, 9.17) is 4.74 Å². The second kappa shape index (κ2) is 52.0. The summed E-state index contributed by atoms with van der Waals surface area (Å²) < 4.78 is 5.47. The van der Waals surface area contributed by atoms with Crippen LogP contribution < -0.4 is 5.32 Å². The molecule has 0 spiro atoms. The SMILES string of the molecule is CCCCCCCCC/C=C\CCCCCCCC(=O)OCCCCCCCCCCCCCCCCCCC(=O)NC(CO)C(O)/C=C/CCCCCCCCCCCCC. The first-order valence-corrected chi connectivity index (χ1v) is 27.6. The summed E-state index contributed by atoms with van der Waals surface area (Å²) in [5, 5.41) is 23.0. The minimum absolute atomic E-state index is 0.00532. The van der Waals surface area contributed by atoms with Crippen molar-refractivity contribution in [3.05, 3.63) is 24.3 Å². The highest BCUT2D eigenvalue weighted by atomic mass is 16.5. The Labute approximate surface area is 386 Å². The average molecular weight is 874 g/mol. The van der Waals surface area contributed by atoms with Crippen LogP contribution in [0.4, 0.5) is 0 Å². The summed E-state index contributed by atoms with van der Waals surface area (Å²) in [7, 11) is 0. The van der Waals surface area contributed by atoms with Crippen LogP contribution in [0.1, 0.15) is 296 Å². The van der Waals surface area contributed by atoms with Crippen LogP contribution in [0.3, 0.4) is 0 Å². The fourth-order valence-corrected chi connectivity index (χ4v) is 8.45. The third-order valence-electron chi connectivity index (χ3n) is 12.7. The van der Waals surface area contributed by atoms with Gasteiger partial charge in [-0.15, -0.1) is 0 Å². The minimum Gasteiger partial charge on any atom is -0.466 e. The summed E-state index contributed by atoms with van der Waals surface area (Å²) in [5.41, 5.74) is 0. The molecule has 6 heteroatoms. The fourth-order valence-electron chi connectivity index (χ4n) is 8.45. The highest BCUT2D eigenvalue weighted by Gasteiger charge is 2.18. The predicted molar refractivity (Wildman–Crippen MR) is 269 cm³/mol. The van der Waals surface area contributed by atoms with Crippen molar-refractivity contribution in [2.24, 2.45) is 0 Å². The predicted octanol–water partition coefficient (Wildman–Crippen LogP) is 16.7. The van der Waals surface area contributed by atoms with Gasteiger partial charge in [0.2, 0.25) is 5.91 Å². The lowest BCUT2D eigenvalue weighted by molar-refractivity contribution is -0.143. The number of unbranched alkanes of at least 4 members (excludes halogenated alkanes) is 38. The monoisotopic (exact) mass is 874 g/mol. The van der Waals surface area contributed by atoms with Crippen molar-refractivity contribution >= 4 is 11.9 Å². The van der Waals surface area contributed by atoms with E-state index < -0.39 is 12.1 Å². The third-order valence-corrected chi connectivity index (χ3v) is 12.7. The van der Waals surface area contributed by atoms with E-state index in [9.17, 15) is 19.8 Å². The molecule has 62 heavy (non-hydrogen) atoms. The lowest BCUT2D eigenvalue weighted by Gasteiger charge is -2.20. The number of ether oxygens (including phenoxy) is 1. The van der Waals surface area contributed by atoms with Crippen molar-refractivity contribution < 1.29 is 24.5 Å². The molecule has 366 valence electrons. The molecule has 0 aliphatic rings. The normalized spacial score (nSPS) is 12.8. The fraction of sp³-hybridized carbons (Fsp3) is 0.893. The minimum atomic E-state index is -0.848. The van der Waals surface area contributed by atoms with Gasteiger partial charge in [-0.05, 0) is 57.8 Å². The highest BCUT2D eigenvalue weighted by Crippen LogP contribution is 2.16. The highest BCUT2D eigenvalue weighted by molar-refractivity contribution is 5.76. The molecule has 0 rings (SSSR count). The van der Waals surface area contributed by atoms with Gasteiger partial charge in [0.25, 0.3) is 0 Å². The second-order valence-electron chi connectivity index (χ2n) is 18.9. The van der Waals surface area contributed by atoms with Gasteiger partial charge in [0.05, 0.1) is 25.4 Å². The van der Waals surface area contributed by atoms with Crippen LogP contribution in [0, 0.1) is 0 Å². The Balaban J connectivity index is 3.44. The van der Waals surface area contributed by atoms with Gasteiger partial charge in [-0.3, -0.25) is 9.59 Å². The summed E-state index contributed by atoms with van der Waals surface area (Å²) in [5.74, 6) is -0.0802. The molecule has 6 nitrogen and oxygen atoms in total. The van der Waals surface area contributed by atoms with Gasteiger partial charge < -0.3 is 20.3 Å². The van der Waals surface area contributed by atoms with Crippen LogP contribution in [0.15, 0.2) is 24.3 Å². The van der Waals surface area contributed by atoms with E-state index in [0.717, 1.165) is 44.9 Å². The second-order valence-corrected chi connectivity index (χ2v) is 18.9. The molecule has 0 aromatic carbocycles. The van der Waals surface area contributed by atoms with E-state index >= 15 is 0 Å². The molecule has 0 aliphatic heterocycles. The lowest BCUT2D eigenvalue weighted by Crippen LogP contribution is -2.45. The van der Waals surface area contributed by atoms with E-state index in [-0.39, 0.29) is 18.5 Å². The van der Waals surface area contributed by atoms with Gasteiger partial charge in [0.1, 0.15) is 0 Å². The number of nitrogens with one attached hydrogen (secondary N) is 1. The maximum absolute atomic E-state index is 12.4. The zero-order valence-electron chi connectivity index (χ0n) is 41.6. The van der Waals surface area contributed by atoms with Crippen molar-refractivity contribution in [2.45, 2.75) is 309 Å². The van der Waals surface area contributed by atoms with Gasteiger partial charge in [0, 0.05) is 12.8 Å². The van der Waals surface area contributed by atoms with E-state index in [0.29, 0.717) is 19.4 Å². The summed E-state index contributed by atoms with van der Waals surface area (Å²) in [4.78, 5) is 24.5. The molecular formula is C56H107NO5. The van der Waals surface area contributed by atoms with Crippen molar-refractivity contribution in [2.75, 3.05) is 13.2 Å². The van der Waals surface area contributed by atoms with Crippen LogP contribution in [0.25, 0.3) is 0 Å². The number of amides is 1. The largest absolute Gasteiger partial charge is 0.466 e. The average Bonchev–Trinajstić information content (AvgIpc) is 3.27.